The van der Waals surface area contributed by atoms with E-state index in [2.05, 4.69) is 10.3 Å². The average Bonchev–Trinajstić information content (AvgIpc) is 2.41. The van der Waals surface area contributed by atoms with E-state index in [1.807, 2.05) is 16.9 Å². The van der Waals surface area contributed by atoms with Crippen molar-refractivity contribution >= 4 is 5.96 Å². The Balaban J connectivity index is 2.17. The largest absolute Gasteiger partial charge is 0.406 e. The summed E-state index contributed by atoms with van der Waals surface area (Å²) in [7, 11) is 1.82. The lowest BCUT2D eigenvalue weighted by Gasteiger charge is -2.25. The summed E-state index contributed by atoms with van der Waals surface area (Å²) in [6, 6.07) is 0. The van der Waals surface area contributed by atoms with E-state index >= 15 is 0 Å². The van der Waals surface area contributed by atoms with E-state index in [4.69, 9.17) is 0 Å². The Morgan fingerprint density at radius 1 is 1.41 bits per heavy atom. The molecule has 10 heteroatoms. The van der Waals surface area contributed by atoms with Gasteiger partial charge in [0.1, 0.15) is 6.54 Å². The SMILES string of the molecule is CN1CCCN=C1NCc1cn(CC(F)(F)F)c(=O)[nH]c1=O. The van der Waals surface area contributed by atoms with Gasteiger partial charge >= 0.3 is 11.9 Å². The van der Waals surface area contributed by atoms with Crippen LogP contribution < -0.4 is 16.6 Å². The monoisotopic (exact) mass is 319 g/mol. The molecule has 0 unspecified atom stereocenters. The Morgan fingerprint density at radius 3 is 2.77 bits per heavy atom. The van der Waals surface area contributed by atoms with E-state index in [1.54, 1.807) is 0 Å². The summed E-state index contributed by atoms with van der Waals surface area (Å²) in [6.45, 7) is -0.0144. The molecule has 0 saturated carbocycles. The first-order valence-electron chi connectivity index (χ1n) is 6.65. The highest BCUT2D eigenvalue weighted by Gasteiger charge is 2.28. The second kappa shape index (κ2) is 6.24. The summed E-state index contributed by atoms with van der Waals surface area (Å²) < 4.78 is 37.6. The molecule has 0 radical (unpaired) electrons. The molecule has 122 valence electrons. The Labute approximate surface area is 123 Å². The predicted molar refractivity (Wildman–Crippen MR) is 73.8 cm³/mol. The number of H-pyrrole nitrogens is 1. The highest BCUT2D eigenvalue weighted by atomic mass is 19.4. The molecule has 0 spiro atoms. The zero-order valence-electron chi connectivity index (χ0n) is 11.9. The van der Waals surface area contributed by atoms with Crippen molar-refractivity contribution in [3.05, 3.63) is 32.6 Å². The first-order chi connectivity index (χ1) is 10.3. The van der Waals surface area contributed by atoms with Crippen LogP contribution in [0.2, 0.25) is 0 Å². The maximum atomic E-state index is 12.4. The van der Waals surface area contributed by atoms with Crippen molar-refractivity contribution in [3.63, 3.8) is 0 Å². The molecule has 2 N–H and O–H groups in total. The normalized spacial score (nSPS) is 15.6. The van der Waals surface area contributed by atoms with Gasteiger partial charge in [0, 0.05) is 32.9 Å². The van der Waals surface area contributed by atoms with Gasteiger partial charge < -0.3 is 10.2 Å². The lowest BCUT2D eigenvalue weighted by molar-refractivity contribution is -0.141. The summed E-state index contributed by atoms with van der Waals surface area (Å²) >= 11 is 0. The number of hydrogen-bond acceptors (Lipinski definition) is 5. The summed E-state index contributed by atoms with van der Waals surface area (Å²) in [5.74, 6) is 0.569. The Morgan fingerprint density at radius 2 is 2.14 bits per heavy atom. The van der Waals surface area contributed by atoms with Crippen LogP contribution in [0.4, 0.5) is 13.2 Å². The minimum Gasteiger partial charge on any atom is -0.352 e. The highest BCUT2D eigenvalue weighted by molar-refractivity contribution is 5.80. The van der Waals surface area contributed by atoms with Crippen molar-refractivity contribution in [2.24, 2.45) is 4.99 Å². The first-order valence-corrected chi connectivity index (χ1v) is 6.65. The molecule has 22 heavy (non-hydrogen) atoms. The van der Waals surface area contributed by atoms with Gasteiger partial charge in [-0.05, 0) is 6.42 Å². The molecule has 0 atom stereocenters. The van der Waals surface area contributed by atoms with E-state index in [9.17, 15) is 22.8 Å². The number of alkyl halides is 3. The quantitative estimate of drug-likeness (QED) is 0.814. The van der Waals surface area contributed by atoms with Crippen LogP contribution >= 0.6 is 0 Å². The summed E-state index contributed by atoms with van der Waals surface area (Å²) in [4.78, 5) is 31.0. The van der Waals surface area contributed by atoms with Gasteiger partial charge in [-0.2, -0.15) is 13.2 Å². The molecular weight excluding hydrogens is 303 g/mol. The first kappa shape index (κ1) is 16.1. The average molecular weight is 319 g/mol. The zero-order valence-corrected chi connectivity index (χ0v) is 11.9. The molecule has 2 heterocycles. The molecule has 1 aliphatic heterocycles. The molecule has 2 rings (SSSR count). The van der Waals surface area contributed by atoms with Gasteiger partial charge in [-0.3, -0.25) is 19.3 Å². The van der Waals surface area contributed by atoms with Gasteiger partial charge in [0.15, 0.2) is 5.96 Å². The van der Waals surface area contributed by atoms with Gasteiger partial charge in [-0.15, -0.1) is 0 Å². The second-order valence-corrected chi connectivity index (χ2v) is 4.99. The number of aliphatic imine (C=N–C) groups is 1. The highest BCUT2D eigenvalue weighted by Crippen LogP contribution is 2.16. The number of aromatic amines is 1. The van der Waals surface area contributed by atoms with E-state index in [-0.39, 0.29) is 12.1 Å². The minimum atomic E-state index is -4.54. The fourth-order valence-corrected chi connectivity index (χ4v) is 2.08. The number of hydrogen-bond donors (Lipinski definition) is 2. The Hall–Kier alpha value is -2.26. The number of halogens is 3. The predicted octanol–water partition coefficient (Wildman–Crippen LogP) is -0.120. The number of nitrogens with zero attached hydrogens (tertiary/aromatic N) is 3. The Kier molecular flexibility index (Phi) is 4.57. The number of nitrogens with one attached hydrogen (secondary N) is 2. The van der Waals surface area contributed by atoms with Crippen LogP contribution in [-0.2, 0) is 13.1 Å². The lowest BCUT2D eigenvalue weighted by atomic mass is 10.3. The summed E-state index contributed by atoms with van der Waals surface area (Å²) in [6.07, 6.45) is -2.70. The van der Waals surface area contributed by atoms with Crippen LogP contribution in [-0.4, -0.2) is 46.7 Å². The number of guanidine groups is 1. The van der Waals surface area contributed by atoms with Crippen molar-refractivity contribution in [3.8, 4) is 0 Å². The molecule has 0 amide bonds. The molecule has 0 fully saturated rings. The molecule has 0 aromatic carbocycles. The smallest absolute Gasteiger partial charge is 0.352 e. The maximum Gasteiger partial charge on any atom is 0.406 e. The topological polar surface area (TPSA) is 82.5 Å². The Bertz CT molecular complexity index is 677. The summed E-state index contributed by atoms with van der Waals surface area (Å²) in [5, 5.41) is 2.90. The van der Waals surface area contributed by atoms with Crippen molar-refractivity contribution in [2.45, 2.75) is 25.7 Å². The van der Waals surface area contributed by atoms with Gasteiger partial charge in [-0.1, -0.05) is 0 Å². The van der Waals surface area contributed by atoms with E-state index in [1.165, 1.54) is 0 Å². The second-order valence-electron chi connectivity index (χ2n) is 4.99. The standard InChI is InChI=1S/C12H16F3N5O2/c1-19-4-2-3-16-10(19)17-5-8-6-20(7-12(13,14)15)11(22)18-9(8)21/h6H,2-5,7H2,1H3,(H,16,17)(H,18,21,22). The van der Waals surface area contributed by atoms with Crippen molar-refractivity contribution in [2.75, 3.05) is 20.1 Å². The number of aromatic nitrogens is 2. The maximum absolute atomic E-state index is 12.4. The van der Waals surface area contributed by atoms with E-state index in [0.717, 1.165) is 19.2 Å². The number of rotatable bonds is 3. The fraction of sp³-hybridized carbons (Fsp3) is 0.583. The van der Waals surface area contributed by atoms with Crippen LogP contribution in [0.5, 0.6) is 0 Å². The third-order valence-corrected chi connectivity index (χ3v) is 3.15. The molecule has 1 aromatic heterocycles. The fourth-order valence-electron chi connectivity index (χ4n) is 2.08. The zero-order chi connectivity index (χ0) is 16.3. The lowest BCUT2D eigenvalue weighted by Crippen LogP contribution is -2.43. The molecule has 0 saturated heterocycles. The molecule has 1 aliphatic rings. The summed E-state index contributed by atoms with van der Waals surface area (Å²) in [5.41, 5.74) is -1.77. The molecule has 0 aliphatic carbocycles. The van der Waals surface area contributed by atoms with Crippen LogP contribution in [0, 0.1) is 0 Å². The van der Waals surface area contributed by atoms with Crippen molar-refractivity contribution < 1.29 is 13.2 Å². The third-order valence-electron chi connectivity index (χ3n) is 3.15. The minimum absolute atomic E-state index is 0.0172. The van der Waals surface area contributed by atoms with Gasteiger partial charge in [0.25, 0.3) is 5.56 Å². The van der Waals surface area contributed by atoms with E-state index in [0.29, 0.717) is 17.1 Å². The van der Waals surface area contributed by atoms with Gasteiger partial charge in [0.05, 0.1) is 5.56 Å². The van der Waals surface area contributed by atoms with Gasteiger partial charge in [-0.25, -0.2) is 4.79 Å². The van der Waals surface area contributed by atoms with E-state index < -0.39 is 24.0 Å². The van der Waals surface area contributed by atoms with Crippen LogP contribution in [0.15, 0.2) is 20.8 Å². The van der Waals surface area contributed by atoms with Crippen molar-refractivity contribution in [1.29, 1.82) is 0 Å². The van der Waals surface area contributed by atoms with Crippen LogP contribution in [0.3, 0.4) is 0 Å². The van der Waals surface area contributed by atoms with Gasteiger partial charge in [0.2, 0.25) is 0 Å². The molecular formula is C12H16F3N5O2. The third kappa shape index (κ3) is 4.12. The van der Waals surface area contributed by atoms with Crippen LogP contribution in [0.25, 0.3) is 0 Å². The van der Waals surface area contributed by atoms with Crippen LogP contribution in [0.1, 0.15) is 12.0 Å². The molecule has 0 bridgehead atoms. The molecule has 1 aromatic rings. The molecule has 7 nitrogen and oxygen atoms in total. The van der Waals surface area contributed by atoms with Crippen molar-refractivity contribution in [1.82, 2.24) is 19.8 Å².